The molecule has 8 heteroatoms. The minimum atomic E-state index is 0.0437. The number of hydrogen-bond donors (Lipinski definition) is 1. The van der Waals surface area contributed by atoms with Crippen LogP contribution in [0.5, 0.6) is 0 Å². The van der Waals surface area contributed by atoms with E-state index < -0.39 is 0 Å². The molecule has 4 rings (SSSR count). The largest absolute Gasteiger partial charge is 0.376 e. The molecule has 1 amide bonds. The van der Waals surface area contributed by atoms with Gasteiger partial charge in [0, 0.05) is 45.3 Å². The van der Waals surface area contributed by atoms with Crippen LogP contribution in [0.3, 0.4) is 0 Å². The highest BCUT2D eigenvalue weighted by molar-refractivity contribution is 5.79. The van der Waals surface area contributed by atoms with Gasteiger partial charge >= 0.3 is 0 Å². The average molecular weight is 371 g/mol. The van der Waals surface area contributed by atoms with Crippen LogP contribution in [-0.2, 0) is 9.53 Å². The molecule has 0 radical (unpaired) electrons. The predicted molar refractivity (Wildman–Crippen MR) is 99.2 cm³/mol. The van der Waals surface area contributed by atoms with Crippen molar-refractivity contribution in [2.75, 3.05) is 31.1 Å². The smallest absolute Gasteiger partial charge is 0.223 e. The van der Waals surface area contributed by atoms with Crippen LogP contribution in [0.4, 0.5) is 5.82 Å². The molecule has 4 heterocycles. The summed E-state index contributed by atoms with van der Waals surface area (Å²) in [5.74, 6) is 2.10. The number of aromatic nitrogens is 3. The molecule has 0 spiro atoms. The third-order valence-electron chi connectivity index (χ3n) is 5.25. The lowest BCUT2D eigenvalue weighted by atomic mass is 9.95. The van der Waals surface area contributed by atoms with Crippen molar-refractivity contribution < 1.29 is 14.1 Å². The molecule has 2 aromatic rings. The van der Waals surface area contributed by atoms with E-state index in [2.05, 4.69) is 25.3 Å². The van der Waals surface area contributed by atoms with E-state index >= 15 is 0 Å². The summed E-state index contributed by atoms with van der Waals surface area (Å²) < 4.78 is 10.7. The number of carbonyl (C=O) groups is 1. The molecule has 0 aliphatic carbocycles. The summed E-state index contributed by atoms with van der Waals surface area (Å²) in [4.78, 5) is 23.5. The van der Waals surface area contributed by atoms with E-state index in [0.717, 1.165) is 56.8 Å². The Balaban J connectivity index is 1.36. The first kappa shape index (κ1) is 17.9. The van der Waals surface area contributed by atoms with E-state index in [1.807, 2.05) is 12.1 Å². The lowest BCUT2D eigenvalue weighted by Crippen LogP contribution is -2.42. The third-order valence-corrected chi connectivity index (χ3v) is 5.25. The van der Waals surface area contributed by atoms with Gasteiger partial charge in [-0.1, -0.05) is 5.16 Å². The van der Waals surface area contributed by atoms with Gasteiger partial charge in [0.2, 0.25) is 17.6 Å². The molecule has 27 heavy (non-hydrogen) atoms. The molecular formula is C19H25N5O3. The zero-order chi connectivity index (χ0) is 18.6. The topological polar surface area (TPSA) is 93.4 Å². The average Bonchev–Trinajstić information content (AvgIpc) is 3.38. The molecule has 1 N–H and O–H groups in total. The zero-order valence-electron chi connectivity index (χ0n) is 15.6. The van der Waals surface area contributed by atoms with E-state index in [4.69, 9.17) is 9.26 Å². The highest BCUT2D eigenvalue weighted by Crippen LogP contribution is 2.30. The SMILES string of the molecule is Cc1nc(-c2cccnc2N2CCC(C(=O)NC[C@@H]3CCCO3)CC2)no1. The van der Waals surface area contributed by atoms with Gasteiger partial charge < -0.3 is 19.5 Å². The molecule has 8 nitrogen and oxygen atoms in total. The quantitative estimate of drug-likeness (QED) is 0.858. The number of carbonyl (C=O) groups excluding carboxylic acids is 1. The summed E-state index contributed by atoms with van der Waals surface area (Å²) in [7, 11) is 0. The second kappa shape index (κ2) is 8.04. The standard InChI is InChI=1S/C19H25N5O3/c1-13-22-17(23-27-13)16-5-2-8-20-18(16)24-9-6-14(7-10-24)19(25)21-12-15-4-3-11-26-15/h2,5,8,14-15H,3-4,6-7,9-12H2,1H3,(H,21,25)/t15-/m0/s1. The Kier molecular flexibility index (Phi) is 5.33. The van der Waals surface area contributed by atoms with E-state index in [1.54, 1.807) is 13.1 Å². The molecule has 2 fully saturated rings. The van der Waals surface area contributed by atoms with Crippen LogP contribution in [0.25, 0.3) is 11.4 Å². The Morgan fingerprint density at radius 1 is 1.33 bits per heavy atom. The van der Waals surface area contributed by atoms with Crippen molar-refractivity contribution >= 4 is 11.7 Å². The maximum Gasteiger partial charge on any atom is 0.223 e. The fraction of sp³-hybridized carbons (Fsp3) is 0.579. The summed E-state index contributed by atoms with van der Waals surface area (Å²) in [5, 5.41) is 7.08. The Labute approximate surface area is 158 Å². The molecule has 2 aromatic heterocycles. The molecular weight excluding hydrogens is 346 g/mol. The van der Waals surface area contributed by atoms with Gasteiger partial charge in [-0.15, -0.1) is 0 Å². The van der Waals surface area contributed by atoms with Crippen LogP contribution in [0.2, 0.25) is 0 Å². The Bertz CT molecular complexity index is 779. The highest BCUT2D eigenvalue weighted by Gasteiger charge is 2.28. The molecule has 0 unspecified atom stereocenters. The lowest BCUT2D eigenvalue weighted by Gasteiger charge is -2.33. The molecule has 2 saturated heterocycles. The van der Waals surface area contributed by atoms with Crippen molar-refractivity contribution in [1.29, 1.82) is 0 Å². The number of amides is 1. The number of nitrogens with one attached hydrogen (secondary N) is 1. The molecule has 0 saturated carbocycles. The lowest BCUT2D eigenvalue weighted by molar-refractivity contribution is -0.126. The molecule has 0 aromatic carbocycles. The first-order valence-electron chi connectivity index (χ1n) is 9.60. The van der Waals surface area contributed by atoms with Gasteiger partial charge in [0.25, 0.3) is 0 Å². The van der Waals surface area contributed by atoms with Crippen LogP contribution in [0.15, 0.2) is 22.9 Å². The summed E-state index contributed by atoms with van der Waals surface area (Å²) >= 11 is 0. The highest BCUT2D eigenvalue weighted by atomic mass is 16.5. The number of hydrogen-bond acceptors (Lipinski definition) is 7. The number of rotatable bonds is 5. The van der Waals surface area contributed by atoms with Crippen molar-refractivity contribution in [2.45, 2.75) is 38.7 Å². The van der Waals surface area contributed by atoms with Crippen LogP contribution >= 0.6 is 0 Å². The second-order valence-electron chi connectivity index (χ2n) is 7.15. The van der Waals surface area contributed by atoms with Gasteiger partial charge in [-0.3, -0.25) is 4.79 Å². The van der Waals surface area contributed by atoms with Gasteiger partial charge in [0.15, 0.2) is 0 Å². The maximum absolute atomic E-state index is 12.5. The van der Waals surface area contributed by atoms with E-state index in [9.17, 15) is 4.79 Å². The van der Waals surface area contributed by atoms with Crippen molar-refractivity contribution in [3.8, 4) is 11.4 Å². The Hall–Kier alpha value is -2.48. The third kappa shape index (κ3) is 4.10. The summed E-state index contributed by atoms with van der Waals surface area (Å²) in [5.41, 5.74) is 0.857. The second-order valence-corrected chi connectivity index (χ2v) is 7.15. The first-order chi connectivity index (χ1) is 13.2. The van der Waals surface area contributed by atoms with Gasteiger partial charge in [0.1, 0.15) is 5.82 Å². The number of nitrogens with zero attached hydrogens (tertiary/aromatic N) is 4. The van der Waals surface area contributed by atoms with Gasteiger partial charge in [0.05, 0.1) is 11.7 Å². The van der Waals surface area contributed by atoms with Crippen LogP contribution in [-0.4, -0.2) is 53.4 Å². The summed E-state index contributed by atoms with van der Waals surface area (Å²) in [6, 6.07) is 3.82. The van der Waals surface area contributed by atoms with Crippen molar-refractivity contribution in [3.05, 3.63) is 24.2 Å². The van der Waals surface area contributed by atoms with Crippen molar-refractivity contribution in [3.63, 3.8) is 0 Å². The van der Waals surface area contributed by atoms with Crippen LogP contribution < -0.4 is 10.2 Å². The number of ether oxygens (including phenoxy) is 1. The van der Waals surface area contributed by atoms with E-state index in [-0.39, 0.29) is 17.9 Å². The Morgan fingerprint density at radius 3 is 2.89 bits per heavy atom. The van der Waals surface area contributed by atoms with Crippen molar-refractivity contribution in [1.82, 2.24) is 20.4 Å². The molecule has 1 atom stereocenters. The van der Waals surface area contributed by atoms with Gasteiger partial charge in [-0.05, 0) is 37.8 Å². The number of anilines is 1. The van der Waals surface area contributed by atoms with E-state index in [1.165, 1.54) is 0 Å². The predicted octanol–water partition coefficient (Wildman–Crippen LogP) is 1.95. The zero-order valence-corrected chi connectivity index (χ0v) is 15.6. The fourth-order valence-corrected chi connectivity index (χ4v) is 3.75. The maximum atomic E-state index is 12.5. The fourth-order valence-electron chi connectivity index (χ4n) is 3.75. The van der Waals surface area contributed by atoms with E-state index in [0.29, 0.717) is 18.3 Å². The van der Waals surface area contributed by atoms with Crippen LogP contribution in [0.1, 0.15) is 31.6 Å². The van der Waals surface area contributed by atoms with Crippen molar-refractivity contribution in [2.24, 2.45) is 5.92 Å². The number of aryl methyl sites for hydroxylation is 1. The van der Waals surface area contributed by atoms with Crippen LogP contribution in [0, 0.1) is 12.8 Å². The minimum absolute atomic E-state index is 0.0437. The molecule has 144 valence electrons. The van der Waals surface area contributed by atoms with Gasteiger partial charge in [-0.25, -0.2) is 4.98 Å². The van der Waals surface area contributed by atoms with Gasteiger partial charge in [-0.2, -0.15) is 4.98 Å². The normalized spacial score (nSPS) is 20.8. The minimum Gasteiger partial charge on any atom is -0.376 e. The first-order valence-corrected chi connectivity index (χ1v) is 9.60. The summed E-state index contributed by atoms with van der Waals surface area (Å²) in [6.07, 6.45) is 5.69. The summed E-state index contributed by atoms with van der Waals surface area (Å²) in [6.45, 7) is 4.76. The molecule has 0 bridgehead atoms. The molecule has 2 aliphatic heterocycles. The number of pyridine rings is 1. The Morgan fingerprint density at radius 2 is 2.19 bits per heavy atom. The monoisotopic (exact) mass is 371 g/mol. The molecule has 2 aliphatic rings. The number of piperidine rings is 1.